The van der Waals surface area contributed by atoms with Gasteiger partial charge in [0.1, 0.15) is 6.10 Å². The van der Waals surface area contributed by atoms with Crippen LogP contribution in [0.2, 0.25) is 0 Å². The summed E-state index contributed by atoms with van der Waals surface area (Å²) in [5, 5.41) is 0. The van der Waals surface area contributed by atoms with Gasteiger partial charge in [0.25, 0.3) is 5.97 Å². The van der Waals surface area contributed by atoms with E-state index in [0.29, 0.717) is 39.3 Å². The number of ether oxygens (including phenoxy) is 6. The Hall–Kier alpha value is -0.370. The zero-order valence-corrected chi connectivity index (χ0v) is 23.5. The Bertz CT molecular complexity index is 576. The summed E-state index contributed by atoms with van der Waals surface area (Å²) in [5.41, 5.74) is 0. The van der Waals surface area contributed by atoms with Gasteiger partial charge in [-0.1, -0.05) is 38.5 Å². The first-order chi connectivity index (χ1) is 16.7. The van der Waals surface area contributed by atoms with Crippen molar-refractivity contribution in [1.82, 2.24) is 0 Å². The van der Waals surface area contributed by atoms with Crippen LogP contribution in [0.4, 0.5) is 0 Å². The summed E-state index contributed by atoms with van der Waals surface area (Å²) in [7, 11) is -4.82. The minimum Gasteiger partial charge on any atom is -0.370 e. The second-order valence-corrected chi connectivity index (χ2v) is 8.94. The van der Waals surface area contributed by atoms with Crippen LogP contribution in [0.3, 0.4) is 0 Å². The highest BCUT2D eigenvalue weighted by Gasteiger charge is 2.47. The molecule has 0 fully saturated rings. The quantitative estimate of drug-likeness (QED) is 0.0956. The maximum atomic E-state index is 11.5. The first kappa shape index (κ1) is 34.6. The van der Waals surface area contributed by atoms with Crippen LogP contribution in [0.15, 0.2) is 0 Å². The zero-order chi connectivity index (χ0) is 26.6. The van der Waals surface area contributed by atoms with Crippen molar-refractivity contribution in [3.63, 3.8) is 0 Å². The minimum absolute atomic E-state index is 0.121. The normalized spacial score (nSPS) is 13.9. The van der Waals surface area contributed by atoms with E-state index in [2.05, 4.69) is 0 Å². The third-order valence-corrected chi connectivity index (χ3v) is 5.66. The molecule has 0 rings (SSSR count). The van der Waals surface area contributed by atoms with E-state index in [1.54, 1.807) is 20.8 Å². The molecule has 35 heavy (non-hydrogen) atoms. The van der Waals surface area contributed by atoms with Gasteiger partial charge in [0.2, 0.25) is 0 Å². The van der Waals surface area contributed by atoms with E-state index in [4.69, 9.17) is 32.6 Å². The lowest BCUT2D eigenvalue weighted by Crippen LogP contribution is -2.52. The molecule has 1 unspecified atom stereocenters. The Labute approximate surface area is 213 Å². The highest BCUT2D eigenvalue weighted by molar-refractivity contribution is 7.80. The highest BCUT2D eigenvalue weighted by Crippen LogP contribution is 2.29. The van der Waals surface area contributed by atoms with Crippen molar-refractivity contribution in [3.8, 4) is 0 Å². The molecule has 0 saturated carbocycles. The van der Waals surface area contributed by atoms with Crippen molar-refractivity contribution < 1.29 is 45.6 Å². The molecule has 1 N–H and O–H groups in total. The van der Waals surface area contributed by atoms with Crippen molar-refractivity contribution in [2.45, 2.75) is 117 Å². The van der Waals surface area contributed by atoms with E-state index in [1.807, 2.05) is 20.8 Å². The Morgan fingerprint density at radius 3 is 1.46 bits per heavy atom. The summed E-state index contributed by atoms with van der Waals surface area (Å²) in [4.78, 5) is 0. The molecule has 0 aliphatic carbocycles. The molecule has 0 spiro atoms. The van der Waals surface area contributed by atoms with E-state index in [1.165, 1.54) is 0 Å². The largest absolute Gasteiger partial charge is 0.402 e. The minimum atomic E-state index is -4.82. The molecule has 212 valence electrons. The molecule has 0 radical (unpaired) electrons. The lowest BCUT2D eigenvalue weighted by molar-refractivity contribution is -0.384. The monoisotopic (exact) mass is 530 g/mol. The van der Waals surface area contributed by atoms with Gasteiger partial charge in [-0.2, -0.15) is 12.6 Å². The lowest BCUT2D eigenvalue weighted by Gasteiger charge is -2.37. The smallest absolute Gasteiger partial charge is 0.370 e. The summed E-state index contributed by atoms with van der Waals surface area (Å²) < 4.78 is 71.1. The van der Waals surface area contributed by atoms with Crippen LogP contribution in [-0.4, -0.2) is 70.7 Å². The van der Waals surface area contributed by atoms with E-state index in [9.17, 15) is 13.0 Å². The fourth-order valence-electron chi connectivity index (χ4n) is 4.00. The van der Waals surface area contributed by atoms with Gasteiger partial charge in [0.05, 0.1) is 0 Å². The average molecular weight is 531 g/mol. The zero-order valence-electron chi connectivity index (χ0n) is 22.7. The molecule has 11 heteroatoms. The van der Waals surface area contributed by atoms with Crippen molar-refractivity contribution in [2.75, 3.05) is 39.6 Å². The lowest BCUT2D eigenvalue weighted by atomic mass is 10.0. The van der Waals surface area contributed by atoms with Crippen molar-refractivity contribution in [1.29, 1.82) is 0 Å². The number of hydrogen-bond donors (Lipinski definition) is 1. The average Bonchev–Trinajstić information content (AvgIpc) is 2.77. The molecule has 0 bridgehead atoms. The van der Waals surface area contributed by atoms with Gasteiger partial charge >= 0.3 is 16.4 Å². The van der Waals surface area contributed by atoms with E-state index >= 15 is 0 Å². The van der Waals surface area contributed by atoms with Gasteiger partial charge in [-0.25, -0.2) is 0 Å². The first-order valence-corrected chi connectivity index (χ1v) is 14.5. The van der Waals surface area contributed by atoms with Gasteiger partial charge in [-0.05, 0) is 54.4 Å². The number of unbranched alkanes of at least 4 members (excludes halogenated alkanes) is 6. The van der Waals surface area contributed by atoms with Crippen molar-refractivity contribution in [2.24, 2.45) is 0 Å². The van der Waals surface area contributed by atoms with Gasteiger partial charge in [0.15, 0.2) is 0 Å². The summed E-state index contributed by atoms with van der Waals surface area (Å²) in [6.07, 6.45) is 7.25. The van der Waals surface area contributed by atoms with E-state index < -0.39 is 28.4 Å². The third kappa shape index (κ3) is 14.8. The molecule has 0 aliphatic rings. The maximum Gasteiger partial charge on any atom is 0.402 e. The molecular formula is C24H50O10S. The van der Waals surface area contributed by atoms with Crippen LogP contribution >= 0.6 is 0 Å². The molecule has 0 saturated heterocycles. The van der Waals surface area contributed by atoms with Crippen LogP contribution in [0.25, 0.3) is 0 Å². The van der Waals surface area contributed by atoms with Gasteiger partial charge in [0, 0.05) is 46.1 Å². The standard InChI is InChI=1S/C24H50O10S/c1-7-28-22(24(32-11-5,33-12-6)34-35(25,26)27)20-18-16-14-13-15-17-19-21-23(29-8-2,30-9-3)31-10-4/h22H,7-21H2,1-6H3,(H,25,26,27). The fraction of sp³-hybridized carbons (Fsp3) is 1.00. The number of rotatable bonds is 25. The van der Waals surface area contributed by atoms with Gasteiger partial charge in [-0.15, -0.1) is 0 Å². The van der Waals surface area contributed by atoms with Crippen molar-refractivity contribution in [3.05, 3.63) is 0 Å². The first-order valence-electron chi connectivity index (χ1n) is 13.2. The summed E-state index contributed by atoms with van der Waals surface area (Å²) in [6, 6.07) is 0. The Morgan fingerprint density at radius 1 is 0.629 bits per heavy atom. The summed E-state index contributed by atoms with van der Waals surface area (Å²) in [6.45, 7) is 13.1. The SMILES string of the molecule is CCOC(CCCCCCCCCC(OCC)(OCC)OCC)C(OCC)(OCC)OS(=O)(=O)O. The molecule has 0 aliphatic heterocycles. The van der Waals surface area contributed by atoms with Crippen LogP contribution in [0.5, 0.6) is 0 Å². The predicted octanol–water partition coefficient (Wildman–Crippen LogP) is 5.21. The highest BCUT2D eigenvalue weighted by atomic mass is 32.3. The van der Waals surface area contributed by atoms with Crippen molar-refractivity contribution >= 4 is 10.4 Å². The van der Waals surface area contributed by atoms with Crippen LogP contribution < -0.4 is 0 Å². The molecule has 0 aromatic rings. The van der Waals surface area contributed by atoms with Gasteiger partial charge < -0.3 is 28.4 Å². The number of hydrogen-bond acceptors (Lipinski definition) is 9. The molecule has 0 aromatic heterocycles. The molecule has 1 atom stereocenters. The summed E-state index contributed by atoms with van der Waals surface area (Å²) >= 11 is 0. The molecule has 0 amide bonds. The Kier molecular flexibility index (Phi) is 19.5. The molecule has 0 aromatic carbocycles. The molecule has 10 nitrogen and oxygen atoms in total. The van der Waals surface area contributed by atoms with Crippen LogP contribution in [0, 0.1) is 0 Å². The third-order valence-electron chi connectivity index (χ3n) is 5.22. The second kappa shape index (κ2) is 19.7. The van der Waals surface area contributed by atoms with Crippen LogP contribution in [-0.2, 0) is 43.0 Å². The van der Waals surface area contributed by atoms with E-state index in [-0.39, 0.29) is 13.2 Å². The Morgan fingerprint density at radius 2 is 1.06 bits per heavy atom. The second-order valence-electron chi connectivity index (χ2n) is 7.92. The molecule has 0 heterocycles. The maximum absolute atomic E-state index is 11.5. The summed E-state index contributed by atoms with van der Waals surface area (Å²) in [5.74, 6) is -2.95. The van der Waals surface area contributed by atoms with Crippen LogP contribution in [0.1, 0.15) is 99.3 Å². The van der Waals surface area contributed by atoms with E-state index in [0.717, 1.165) is 44.9 Å². The predicted molar refractivity (Wildman–Crippen MR) is 133 cm³/mol. The molecular weight excluding hydrogens is 480 g/mol. The Balaban J connectivity index is 4.59. The fourth-order valence-corrected chi connectivity index (χ4v) is 4.50. The topological polar surface area (TPSA) is 119 Å². The van der Waals surface area contributed by atoms with Gasteiger partial charge in [-0.3, -0.25) is 4.55 Å².